The molecule has 86 valence electrons. The first-order valence-corrected chi connectivity index (χ1v) is 5.73. The zero-order chi connectivity index (χ0) is 12.1. The van der Waals surface area contributed by atoms with Crippen LogP contribution in [0, 0.1) is 17.2 Å². The fourth-order valence-electron chi connectivity index (χ4n) is 2.10. The molecular formula is C13H13N3O. The van der Waals surface area contributed by atoms with Gasteiger partial charge in [0, 0.05) is 12.1 Å². The molecule has 4 heteroatoms. The van der Waals surface area contributed by atoms with Crippen LogP contribution < -0.4 is 0 Å². The van der Waals surface area contributed by atoms with E-state index in [0.717, 1.165) is 25.7 Å². The second-order valence-corrected chi connectivity index (χ2v) is 4.15. The molecule has 0 aliphatic heterocycles. The number of ketones is 1. The molecule has 0 aromatic carbocycles. The topological polar surface area (TPSA) is 66.6 Å². The molecule has 0 saturated heterocycles. The van der Waals surface area contributed by atoms with E-state index in [-0.39, 0.29) is 17.3 Å². The van der Waals surface area contributed by atoms with Gasteiger partial charge in [0.05, 0.1) is 11.3 Å². The van der Waals surface area contributed by atoms with Crippen LogP contribution in [0.4, 0.5) is 0 Å². The van der Waals surface area contributed by atoms with Crippen molar-refractivity contribution in [2.45, 2.75) is 25.7 Å². The second-order valence-electron chi connectivity index (χ2n) is 4.15. The van der Waals surface area contributed by atoms with E-state index in [1.165, 1.54) is 6.33 Å². The minimum absolute atomic E-state index is 0.0303. The van der Waals surface area contributed by atoms with Gasteiger partial charge in [-0.05, 0) is 25.0 Å². The summed E-state index contributed by atoms with van der Waals surface area (Å²) < 4.78 is 0. The highest BCUT2D eigenvalue weighted by Gasteiger charge is 2.25. The van der Waals surface area contributed by atoms with Crippen LogP contribution >= 0.6 is 0 Å². The third kappa shape index (κ3) is 2.76. The van der Waals surface area contributed by atoms with E-state index in [1.807, 2.05) is 6.07 Å². The normalized spacial score (nSPS) is 16.8. The van der Waals surface area contributed by atoms with Crippen LogP contribution in [-0.4, -0.2) is 15.8 Å². The van der Waals surface area contributed by atoms with Gasteiger partial charge in [-0.25, -0.2) is 9.97 Å². The molecule has 0 unspecified atom stereocenters. The van der Waals surface area contributed by atoms with Gasteiger partial charge >= 0.3 is 0 Å². The van der Waals surface area contributed by atoms with Crippen molar-refractivity contribution in [2.24, 2.45) is 5.92 Å². The van der Waals surface area contributed by atoms with Gasteiger partial charge < -0.3 is 0 Å². The molecule has 0 bridgehead atoms. The van der Waals surface area contributed by atoms with Crippen LogP contribution in [0.3, 0.4) is 0 Å². The molecule has 1 aromatic heterocycles. The molecule has 1 aliphatic rings. The maximum absolute atomic E-state index is 12.0. The Hall–Kier alpha value is -2.02. The van der Waals surface area contributed by atoms with Gasteiger partial charge in [-0.1, -0.05) is 12.8 Å². The lowest BCUT2D eigenvalue weighted by atomic mass is 9.96. The summed E-state index contributed by atoms with van der Waals surface area (Å²) in [5.41, 5.74) is 0.804. The molecule has 1 heterocycles. The number of rotatable bonds is 3. The van der Waals surface area contributed by atoms with Gasteiger partial charge in [0.1, 0.15) is 12.4 Å². The Labute approximate surface area is 100 Å². The number of carbonyl (C=O) groups excluding carboxylic acids is 1. The lowest BCUT2D eigenvalue weighted by Crippen LogP contribution is -2.12. The van der Waals surface area contributed by atoms with Crippen molar-refractivity contribution in [1.82, 2.24) is 9.97 Å². The van der Waals surface area contributed by atoms with Crippen molar-refractivity contribution >= 4 is 11.9 Å². The summed E-state index contributed by atoms with van der Waals surface area (Å²) in [7, 11) is 0. The molecule has 0 spiro atoms. The summed E-state index contributed by atoms with van der Waals surface area (Å²) in [6.45, 7) is 0. The van der Waals surface area contributed by atoms with Crippen LogP contribution in [0.2, 0.25) is 0 Å². The highest BCUT2D eigenvalue weighted by Crippen LogP contribution is 2.27. The minimum atomic E-state index is -0.0383. The van der Waals surface area contributed by atoms with Crippen LogP contribution in [0.5, 0.6) is 0 Å². The SMILES string of the molecule is N#CC(=Cc1ccncn1)C(=O)C1CCCC1. The number of hydrogen-bond donors (Lipinski definition) is 0. The number of carbonyl (C=O) groups is 1. The third-order valence-corrected chi connectivity index (χ3v) is 3.01. The molecular weight excluding hydrogens is 214 g/mol. The summed E-state index contributed by atoms with van der Waals surface area (Å²) in [5.74, 6) is -0.00801. The predicted molar refractivity (Wildman–Crippen MR) is 62.6 cm³/mol. The number of Topliss-reactive ketones (excluding diaryl/α,β-unsaturated/α-hetero) is 1. The van der Waals surface area contributed by atoms with Gasteiger partial charge in [0.15, 0.2) is 5.78 Å². The van der Waals surface area contributed by atoms with E-state index in [9.17, 15) is 4.79 Å². The summed E-state index contributed by atoms with van der Waals surface area (Å²) >= 11 is 0. The molecule has 1 aromatic rings. The average Bonchev–Trinajstić information content (AvgIpc) is 2.90. The van der Waals surface area contributed by atoms with Crippen molar-refractivity contribution < 1.29 is 4.79 Å². The maximum atomic E-state index is 12.0. The first-order valence-electron chi connectivity index (χ1n) is 5.73. The highest BCUT2D eigenvalue weighted by molar-refractivity contribution is 6.04. The molecule has 2 rings (SSSR count). The van der Waals surface area contributed by atoms with Gasteiger partial charge in [-0.2, -0.15) is 5.26 Å². The lowest BCUT2D eigenvalue weighted by Gasteiger charge is -2.05. The third-order valence-electron chi connectivity index (χ3n) is 3.01. The predicted octanol–water partition coefficient (Wildman–Crippen LogP) is 2.14. The summed E-state index contributed by atoms with van der Waals surface area (Å²) in [4.78, 5) is 19.8. The van der Waals surface area contributed by atoms with Crippen LogP contribution in [0.15, 0.2) is 24.2 Å². The van der Waals surface area contributed by atoms with Crippen LogP contribution in [0.1, 0.15) is 31.4 Å². The zero-order valence-electron chi connectivity index (χ0n) is 9.47. The van der Waals surface area contributed by atoms with Crippen LogP contribution in [0.25, 0.3) is 6.08 Å². The first kappa shape index (κ1) is 11.5. The van der Waals surface area contributed by atoms with E-state index in [0.29, 0.717) is 5.69 Å². The molecule has 1 saturated carbocycles. The Morgan fingerprint density at radius 1 is 1.47 bits per heavy atom. The number of allylic oxidation sites excluding steroid dienone is 1. The van der Waals surface area contributed by atoms with Gasteiger partial charge in [0.2, 0.25) is 0 Å². The highest BCUT2D eigenvalue weighted by atomic mass is 16.1. The Bertz CT molecular complexity index is 467. The monoisotopic (exact) mass is 227 g/mol. The molecule has 17 heavy (non-hydrogen) atoms. The molecule has 0 radical (unpaired) electrons. The van der Waals surface area contributed by atoms with Crippen molar-refractivity contribution in [1.29, 1.82) is 5.26 Å². The van der Waals surface area contributed by atoms with Crippen molar-refractivity contribution in [3.63, 3.8) is 0 Å². The van der Waals surface area contributed by atoms with E-state index < -0.39 is 0 Å². The quantitative estimate of drug-likeness (QED) is 0.586. The Kier molecular flexibility index (Phi) is 3.61. The number of aromatic nitrogens is 2. The fraction of sp³-hybridized carbons (Fsp3) is 0.385. The minimum Gasteiger partial charge on any atom is -0.293 e. The number of nitriles is 1. The summed E-state index contributed by atoms with van der Waals surface area (Å²) in [5, 5.41) is 9.04. The standard InChI is InChI=1S/C13H13N3O/c14-8-11(7-12-5-6-15-9-16-12)13(17)10-3-1-2-4-10/h5-7,9-10H,1-4H2. The Morgan fingerprint density at radius 2 is 2.24 bits per heavy atom. The van der Waals surface area contributed by atoms with Gasteiger partial charge in [-0.3, -0.25) is 4.79 Å². The van der Waals surface area contributed by atoms with Crippen molar-refractivity contribution in [2.75, 3.05) is 0 Å². The molecule has 0 amide bonds. The smallest absolute Gasteiger partial charge is 0.176 e. The Morgan fingerprint density at radius 3 is 2.82 bits per heavy atom. The summed E-state index contributed by atoms with van der Waals surface area (Å²) in [6.07, 6.45) is 8.52. The van der Waals surface area contributed by atoms with Crippen molar-refractivity contribution in [3.8, 4) is 6.07 Å². The first-order chi connectivity index (χ1) is 8.31. The maximum Gasteiger partial charge on any atom is 0.176 e. The number of nitrogens with zero attached hydrogens (tertiary/aromatic N) is 3. The summed E-state index contributed by atoms with van der Waals surface area (Å²) in [6, 6.07) is 3.66. The van der Waals surface area contributed by atoms with Gasteiger partial charge in [-0.15, -0.1) is 0 Å². The molecule has 0 atom stereocenters. The molecule has 0 N–H and O–H groups in total. The van der Waals surface area contributed by atoms with Crippen LogP contribution in [-0.2, 0) is 4.79 Å². The zero-order valence-corrected chi connectivity index (χ0v) is 9.47. The number of hydrogen-bond acceptors (Lipinski definition) is 4. The Balaban J connectivity index is 2.19. The molecule has 1 fully saturated rings. The van der Waals surface area contributed by atoms with Gasteiger partial charge in [0.25, 0.3) is 0 Å². The van der Waals surface area contributed by atoms with E-state index >= 15 is 0 Å². The second kappa shape index (κ2) is 5.35. The average molecular weight is 227 g/mol. The molecule has 4 nitrogen and oxygen atoms in total. The van der Waals surface area contributed by atoms with E-state index in [2.05, 4.69) is 9.97 Å². The molecule has 1 aliphatic carbocycles. The van der Waals surface area contributed by atoms with Crippen molar-refractivity contribution in [3.05, 3.63) is 29.9 Å². The fourth-order valence-corrected chi connectivity index (χ4v) is 2.10. The largest absolute Gasteiger partial charge is 0.293 e. The van der Waals surface area contributed by atoms with E-state index in [1.54, 1.807) is 18.3 Å². The van der Waals surface area contributed by atoms with E-state index in [4.69, 9.17) is 5.26 Å². The lowest BCUT2D eigenvalue weighted by molar-refractivity contribution is -0.118.